The van der Waals surface area contributed by atoms with Crippen molar-refractivity contribution in [2.75, 3.05) is 6.54 Å². The first-order valence-electron chi connectivity index (χ1n) is 6.48. The zero-order valence-electron chi connectivity index (χ0n) is 12.3. The van der Waals surface area contributed by atoms with Crippen LogP contribution in [0.3, 0.4) is 0 Å². The van der Waals surface area contributed by atoms with Crippen LogP contribution in [0.15, 0.2) is 0 Å². The van der Waals surface area contributed by atoms with E-state index < -0.39 is 17.7 Å². The van der Waals surface area contributed by atoms with Gasteiger partial charge in [0.05, 0.1) is 0 Å². The minimum Gasteiger partial charge on any atom is -0.444 e. The second-order valence-electron chi connectivity index (χ2n) is 5.40. The number of carbonyl (C=O) groups excluding carboxylic acids is 2. The Morgan fingerprint density at radius 3 is 2.17 bits per heavy atom. The number of hydrogen-bond acceptors (Lipinski definition) is 3. The first kappa shape index (κ1) is 16.7. The standard InChI is InChI=1S/C13H26N2O3/c1-7-9(3)10(11(16)14-8-2)15-12(17)18-13(4,5)6/h9-10H,7-8H2,1-6H3,(H,14,16)(H,15,17)/t9-,10+/m1/s1. The van der Waals surface area contributed by atoms with E-state index in [0.29, 0.717) is 6.54 Å². The molecule has 0 aromatic heterocycles. The highest BCUT2D eigenvalue weighted by Crippen LogP contribution is 2.11. The summed E-state index contributed by atoms with van der Waals surface area (Å²) in [6.45, 7) is 11.7. The van der Waals surface area contributed by atoms with Crippen molar-refractivity contribution in [3.8, 4) is 0 Å². The molecule has 0 unspecified atom stereocenters. The van der Waals surface area contributed by atoms with Gasteiger partial charge in [0.1, 0.15) is 11.6 Å². The third-order valence-electron chi connectivity index (χ3n) is 2.52. The predicted octanol–water partition coefficient (Wildman–Crippen LogP) is 2.06. The lowest BCUT2D eigenvalue weighted by molar-refractivity contribution is -0.124. The normalized spacial score (nSPS) is 14.6. The summed E-state index contributed by atoms with van der Waals surface area (Å²) < 4.78 is 5.16. The van der Waals surface area contributed by atoms with Gasteiger partial charge >= 0.3 is 6.09 Å². The Kier molecular flexibility index (Phi) is 6.73. The molecular weight excluding hydrogens is 232 g/mol. The Hall–Kier alpha value is -1.26. The minimum atomic E-state index is -0.564. The van der Waals surface area contributed by atoms with Crippen molar-refractivity contribution in [1.29, 1.82) is 0 Å². The molecule has 0 saturated carbocycles. The third kappa shape index (κ3) is 6.47. The van der Waals surface area contributed by atoms with Gasteiger partial charge in [0.2, 0.25) is 5.91 Å². The first-order valence-corrected chi connectivity index (χ1v) is 6.48. The summed E-state index contributed by atoms with van der Waals surface area (Å²) in [5.74, 6) is -0.109. The molecule has 0 fully saturated rings. The van der Waals surface area contributed by atoms with Gasteiger partial charge in [-0.15, -0.1) is 0 Å². The number of ether oxygens (including phenoxy) is 1. The average molecular weight is 258 g/mol. The number of likely N-dealkylation sites (N-methyl/N-ethyl adjacent to an activating group) is 1. The van der Waals surface area contributed by atoms with Crippen molar-refractivity contribution in [3.63, 3.8) is 0 Å². The molecule has 0 rings (SSSR count). The Bertz CT molecular complexity index is 284. The van der Waals surface area contributed by atoms with Gasteiger partial charge < -0.3 is 15.4 Å². The fourth-order valence-electron chi connectivity index (χ4n) is 1.42. The van der Waals surface area contributed by atoms with Gasteiger partial charge in [-0.2, -0.15) is 0 Å². The Morgan fingerprint density at radius 1 is 1.22 bits per heavy atom. The summed E-state index contributed by atoms with van der Waals surface area (Å²) in [5, 5.41) is 5.36. The van der Waals surface area contributed by atoms with Gasteiger partial charge in [-0.25, -0.2) is 4.79 Å². The molecule has 0 aliphatic rings. The van der Waals surface area contributed by atoms with Crippen LogP contribution in [-0.4, -0.2) is 30.2 Å². The van der Waals surface area contributed by atoms with E-state index in [1.165, 1.54) is 0 Å². The highest BCUT2D eigenvalue weighted by Gasteiger charge is 2.27. The Labute approximate surface area is 110 Å². The number of alkyl carbamates (subject to hydrolysis) is 1. The molecule has 0 spiro atoms. The molecule has 0 radical (unpaired) electrons. The second kappa shape index (κ2) is 7.24. The molecule has 0 aromatic carbocycles. The van der Waals surface area contributed by atoms with Crippen molar-refractivity contribution in [3.05, 3.63) is 0 Å². The highest BCUT2D eigenvalue weighted by molar-refractivity contribution is 5.85. The number of amides is 2. The molecule has 106 valence electrons. The number of rotatable bonds is 5. The molecule has 5 nitrogen and oxygen atoms in total. The molecule has 0 bridgehead atoms. The Morgan fingerprint density at radius 2 is 1.78 bits per heavy atom. The SMILES string of the molecule is CCNC(=O)[C@@H](NC(=O)OC(C)(C)C)[C@H](C)CC. The van der Waals surface area contributed by atoms with Crippen LogP contribution in [0.5, 0.6) is 0 Å². The molecule has 2 N–H and O–H groups in total. The molecule has 0 heterocycles. The topological polar surface area (TPSA) is 67.4 Å². The van der Waals surface area contributed by atoms with E-state index in [1.807, 2.05) is 20.8 Å². The largest absolute Gasteiger partial charge is 0.444 e. The van der Waals surface area contributed by atoms with E-state index in [0.717, 1.165) is 6.42 Å². The van der Waals surface area contributed by atoms with Crippen molar-refractivity contribution in [2.24, 2.45) is 5.92 Å². The van der Waals surface area contributed by atoms with Crippen LogP contribution >= 0.6 is 0 Å². The summed E-state index contributed by atoms with van der Waals surface area (Å²) >= 11 is 0. The molecular formula is C13H26N2O3. The summed E-state index contributed by atoms with van der Waals surface area (Å²) in [4.78, 5) is 23.5. The van der Waals surface area contributed by atoms with E-state index in [4.69, 9.17) is 4.74 Å². The molecule has 18 heavy (non-hydrogen) atoms. The van der Waals surface area contributed by atoms with Crippen LogP contribution in [-0.2, 0) is 9.53 Å². The van der Waals surface area contributed by atoms with E-state index in [9.17, 15) is 9.59 Å². The van der Waals surface area contributed by atoms with Gasteiger partial charge in [0.25, 0.3) is 0 Å². The van der Waals surface area contributed by atoms with Crippen LogP contribution in [0.4, 0.5) is 4.79 Å². The van der Waals surface area contributed by atoms with Crippen molar-refractivity contribution >= 4 is 12.0 Å². The maximum atomic E-state index is 11.9. The summed E-state index contributed by atoms with van der Waals surface area (Å²) in [6.07, 6.45) is 0.247. The van der Waals surface area contributed by atoms with E-state index in [1.54, 1.807) is 20.8 Å². The van der Waals surface area contributed by atoms with Gasteiger partial charge in [-0.05, 0) is 33.6 Å². The molecule has 5 heteroatoms. The summed E-state index contributed by atoms with van der Waals surface area (Å²) in [6, 6.07) is -0.551. The van der Waals surface area contributed by atoms with Crippen LogP contribution in [0.1, 0.15) is 48.0 Å². The van der Waals surface area contributed by atoms with Gasteiger partial charge in [-0.3, -0.25) is 4.79 Å². The minimum absolute atomic E-state index is 0.0593. The summed E-state index contributed by atoms with van der Waals surface area (Å²) in [7, 11) is 0. The molecule has 0 aliphatic heterocycles. The molecule has 2 atom stereocenters. The van der Waals surface area contributed by atoms with Crippen molar-refractivity contribution < 1.29 is 14.3 Å². The monoisotopic (exact) mass is 258 g/mol. The fraction of sp³-hybridized carbons (Fsp3) is 0.846. The van der Waals surface area contributed by atoms with Crippen LogP contribution < -0.4 is 10.6 Å². The first-order chi connectivity index (χ1) is 8.21. The maximum Gasteiger partial charge on any atom is 0.408 e. The predicted molar refractivity (Wildman–Crippen MR) is 71.3 cm³/mol. The number of carbonyl (C=O) groups is 2. The fourth-order valence-corrected chi connectivity index (χ4v) is 1.42. The van der Waals surface area contributed by atoms with Gasteiger partial charge in [0.15, 0.2) is 0 Å². The third-order valence-corrected chi connectivity index (χ3v) is 2.52. The van der Waals surface area contributed by atoms with Crippen molar-refractivity contribution in [1.82, 2.24) is 10.6 Å². The second-order valence-corrected chi connectivity index (χ2v) is 5.40. The molecule has 0 saturated heterocycles. The lowest BCUT2D eigenvalue weighted by Gasteiger charge is -2.26. The average Bonchev–Trinajstić information content (AvgIpc) is 2.22. The van der Waals surface area contributed by atoms with Gasteiger partial charge in [-0.1, -0.05) is 20.3 Å². The summed E-state index contributed by atoms with van der Waals surface area (Å²) in [5.41, 5.74) is -0.564. The maximum absolute atomic E-state index is 11.9. The lowest BCUT2D eigenvalue weighted by Crippen LogP contribution is -2.51. The zero-order valence-corrected chi connectivity index (χ0v) is 12.3. The molecule has 0 aliphatic carbocycles. The van der Waals surface area contributed by atoms with E-state index in [-0.39, 0.29) is 11.8 Å². The smallest absolute Gasteiger partial charge is 0.408 e. The van der Waals surface area contributed by atoms with E-state index >= 15 is 0 Å². The zero-order chi connectivity index (χ0) is 14.3. The Balaban J connectivity index is 4.59. The highest BCUT2D eigenvalue weighted by atomic mass is 16.6. The van der Waals surface area contributed by atoms with Crippen LogP contribution in [0.2, 0.25) is 0 Å². The van der Waals surface area contributed by atoms with Crippen molar-refractivity contribution in [2.45, 2.75) is 59.6 Å². The number of nitrogens with one attached hydrogen (secondary N) is 2. The lowest BCUT2D eigenvalue weighted by atomic mass is 9.98. The molecule has 2 amide bonds. The quantitative estimate of drug-likeness (QED) is 0.793. The molecule has 0 aromatic rings. The number of hydrogen-bond donors (Lipinski definition) is 2. The van der Waals surface area contributed by atoms with Crippen LogP contribution in [0.25, 0.3) is 0 Å². The van der Waals surface area contributed by atoms with Gasteiger partial charge in [0, 0.05) is 6.54 Å². The van der Waals surface area contributed by atoms with E-state index in [2.05, 4.69) is 10.6 Å². The van der Waals surface area contributed by atoms with Crippen LogP contribution in [0, 0.1) is 5.92 Å².